The van der Waals surface area contributed by atoms with Gasteiger partial charge in [-0.25, -0.2) is 24.0 Å². The number of aliphatic hydroxyl groups is 7. The molecule has 6 aliphatic heterocycles. The minimum Gasteiger partial charge on any atom is -0.445 e. The fourth-order valence-electron chi connectivity index (χ4n) is 16.5. The Balaban J connectivity index is 0.000000248. The average molecular weight is 1860 g/mol. The maximum atomic E-state index is 13.5. The van der Waals surface area contributed by atoms with Gasteiger partial charge in [-0.2, -0.15) is 0 Å². The predicted molar refractivity (Wildman–Crippen MR) is 474 cm³/mol. The van der Waals surface area contributed by atoms with Gasteiger partial charge in [-0.1, -0.05) is 242 Å². The second-order valence-corrected chi connectivity index (χ2v) is 33.8. The predicted octanol–water partition coefficient (Wildman–Crippen LogP) is 6.68. The fraction of sp³-hybridized carbons (Fsp3) is 0.542. The third-order valence-electron chi connectivity index (χ3n) is 23.9. The number of benzene rings is 5. The summed E-state index contributed by atoms with van der Waals surface area (Å²) in [6, 6.07) is 40.6. The zero-order valence-corrected chi connectivity index (χ0v) is 75.2. The molecule has 2 aliphatic carbocycles. The summed E-state index contributed by atoms with van der Waals surface area (Å²) in [5, 5.41) is 95.6. The van der Waals surface area contributed by atoms with E-state index in [-0.39, 0.29) is 70.5 Å². The smallest absolute Gasteiger partial charge is 0.408 e. The van der Waals surface area contributed by atoms with Crippen molar-refractivity contribution in [3.8, 4) is 0 Å². The summed E-state index contributed by atoms with van der Waals surface area (Å²) in [5.41, 5.74) is 10.3. The van der Waals surface area contributed by atoms with E-state index in [9.17, 15) is 64.5 Å². The van der Waals surface area contributed by atoms with Crippen molar-refractivity contribution in [2.75, 3.05) is 19.8 Å². The Kier molecular flexibility index (Phi) is 39.2. The summed E-state index contributed by atoms with van der Waals surface area (Å²) < 4.78 is 103. The summed E-state index contributed by atoms with van der Waals surface area (Å²) in [6.45, 7) is 10.2. The number of hydrogen-bond acceptors (Lipinski definition) is 31. The van der Waals surface area contributed by atoms with E-state index in [1.54, 1.807) is 61.6 Å². The molecule has 2 saturated carbocycles. The van der Waals surface area contributed by atoms with Gasteiger partial charge in [0.25, 0.3) is 0 Å². The lowest BCUT2D eigenvalue weighted by molar-refractivity contribution is -0.287. The molecule has 0 radical (unpaired) electrons. The van der Waals surface area contributed by atoms with Gasteiger partial charge in [0.05, 0.1) is 62.0 Å². The van der Waals surface area contributed by atoms with E-state index in [0.717, 1.165) is 27.8 Å². The monoisotopic (exact) mass is 1860 g/mol. The first kappa shape index (κ1) is 102. The molecule has 133 heavy (non-hydrogen) atoms. The normalized spacial score (nSPS) is 32.9. The van der Waals surface area contributed by atoms with Crippen molar-refractivity contribution in [3.05, 3.63) is 228 Å². The summed E-state index contributed by atoms with van der Waals surface area (Å²) in [6.07, 6.45) is -12.9. The number of nitrogens with two attached hydrogens (primary N) is 1. The molecule has 2 saturated heterocycles. The van der Waals surface area contributed by atoms with Crippen molar-refractivity contribution in [2.45, 2.75) is 297 Å². The summed E-state index contributed by atoms with van der Waals surface area (Å²) >= 11 is 0. The number of carbonyl (C=O) groups excluding carboxylic acids is 6. The molecule has 6 amide bonds. The topological polar surface area (TPSA) is 499 Å². The van der Waals surface area contributed by atoms with Crippen molar-refractivity contribution in [1.82, 2.24) is 31.9 Å². The molecule has 15 N–H and O–H groups in total. The van der Waals surface area contributed by atoms with Gasteiger partial charge in [0, 0.05) is 12.6 Å². The molecule has 37 heteroatoms. The number of aliphatic hydroxyl groups excluding tert-OH is 7. The van der Waals surface area contributed by atoms with E-state index in [0.29, 0.717) is 32.1 Å². The van der Waals surface area contributed by atoms with Crippen molar-refractivity contribution in [3.63, 3.8) is 0 Å². The Morgan fingerprint density at radius 2 is 0.647 bits per heavy atom. The molecular weight excluding hydrogens is 1730 g/mol. The fourth-order valence-corrected chi connectivity index (χ4v) is 16.5. The molecule has 0 unspecified atom stereocenters. The van der Waals surface area contributed by atoms with Crippen molar-refractivity contribution < 1.29 is 145 Å². The van der Waals surface area contributed by atoms with E-state index in [1.807, 2.05) is 180 Å². The molecule has 0 spiro atoms. The molecule has 5 aromatic rings. The van der Waals surface area contributed by atoms with Gasteiger partial charge < -0.3 is 154 Å². The van der Waals surface area contributed by atoms with Gasteiger partial charge in [0.2, 0.25) is 5.91 Å². The van der Waals surface area contributed by atoms with Crippen LogP contribution in [0.1, 0.15) is 114 Å². The van der Waals surface area contributed by atoms with Crippen LogP contribution in [0.15, 0.2) is 200 Å². The molecule has 0 aromatic heterocycles. The first-order valence-corrected chi connectivity index (χ1v) is 45.5. The van der Waals surface area contributed by atoms with Gasteiger partial charge in [0.15, 0.2) is 37.7 Å². The van der Waals surface area contributed by atoms with E-state index >= 15 is 0 Å². The van der Waals surface area contributed by atoms with Gasteiger partial charge in [0.1, 0.15) is 118 Å². The molecule has 5 aromatic carbocycles. The number of nitrogens with one attached hydrogen (secondary N) is 6. The number of hydrogen-bond donors (Lipinski definition) is 14. The van der Waals surface area contributed by atoms with Crippen LogP contribution < -0.4 is 37.6 Å². The van der Waals surface area contributed by atoms with Crippen LogP contribution in [0.25, 0.3) is 0 Å². The van der Waals surface area contributed by atoms with Crippen molar-refractivity contribution >= 4 is 36.4 Å². The highest BCUT2D eigenvalue weighted by atomic mass is 16.8. The standard InChI is InChI=1S/C54H70N4O17.C42H57N3O13/c1-4-36-21-23-38(57-53(65)68-30-34-17-11-7-12-18-34)49(70-36)73-45-32(3)27-40(56-48(63)41(60)25-26-55-52(64)67-29-33-15-9-6-10-16-33)43(61)47(45)75-51-44(62)46(42(28-59)72-51)74-50-39(24-22-37(5-2)71-50)58-54(66)69-31-35-19-13-8-14-20-35;1-4-27-16-18-30(44-41(49)51-22-25-12-8-6-9-13-25)38(53-27)56-35-24(3)20-29(43)33(47)37(35)58-40-34(48)36(32(21-46)55-40)57-39-31(19-17-28(5-2)54-39)45-42(50)52-23-26-14-10-7-11-15-26/h6-24,32,36-47,49-51,59-62H,4-5,25-31H2,1-3H3,(H,55,64)(H,56,63)(H,57,65)(H,58,66);6-19,24,27-40,46-48H,4-5,20-23,43H2,1-3H3,(H,44,49)(H,45,50)/t32-,36+,37-,38+,39+,40+,41-,42+,43-,44+,45+,46+,47+,49+,50+,51-;24-,27+,28-,29+,30+,31+,32+,33-,34+,35+,36+,37+,38+,39+,40-/m00/s1. The Bertz CT molecular complexity index is 4520. The minimum absolute atomic E-state index is 0.00106. The largest absolute Gasteiger partial charge is 0.445 e. The number of alkyl carbamates (subject to hydrolysis) is 5. The van der Waals surface area contributed by atoms with Gasteiger partial charge in [-0.05, 0) is 84.6 Å². The van der Waals surface area contributed by atoms with Crippen LogP contribution in [0.5, 0.6) is 0 Å². The molecule has 37 nitrogen and oxygen atoms in total. The first-order chi connectivity index (χ1) is 64.4. The molecular formula is C96H127N7O30. The Morgan fingerprint density at radius 1 is 0.361 bits per heavy atom. The van der Waals surface area contributed by atoms with Crippen LogP contribution in [-0.4, -0.2) is 270 Å². The van der Waals surface area contributed by atoms with E-state index in [1.165, 1.54) is 0 Å². The van der Waals surface area contributed by atoms with Crippen molar-refractivity contribution in [1.29, 1.82) is 0 Å². The van der Waals surface area contributed by atoms with Gasteiger partial charge in [-0.15, -0.1) is 0 Å². The van der Waals surface area contributed by atoms with Crippen LogP contribution in [0.4, 0.5) is 24.0 Å². The van der Waals surface area contributed by atoms with E-state index in [4.69, 9.17) is 86.3 Å². The average Bonchev–Trinajstić information content (AvgIpc) is 1.77. The Labute approximate surface area is 772 Å². The molecule has 13 rings (SSSR count). The molecule has 31 atom stereocenters. The van der Waals surface area contributed by atoms with Gasteiger partial charge in [-0.3, -0.25) is 4.79 Å². The third kappa shape index (κ3) is 29.3. The third-order valence-corrected chi connectivity index (χ3v) is 23.9. The zero-order chi connectivity index (χ0) is 94.5. The summed E-state index contributed by atoms with van der Waals surface area (Å²) in [4.78, 5) is 77.8. The quantitative estimate of drug-likeness (QED) is 0.0146. The number of rotatable bonds is 37. The van der Waals surface area contributed by atoms with Crippen LogP contribution in [0.2, 0.25) is 0 Å². The van der Waals surface area contributed by atoms with E-state index in [2.05, 4.69) is 31.9 Å². The molecule has 6 heterocycles. The highest BCUT2D eigenvalue weighted by Gasteiger charge is 2.56. The second-order valence-electron chi connectivity index (χ2n) is 33.8. The highest BCUT2D eigenvalue weighted by Crippen LogP contribution is 2.40. The zero-order valence-electron chi connectivity index (χ0n) is 75.2. The summed E-state index contributed by atoms with van der Waals surface area (Å²) in [5.74, 6) is -1.70. The van der Waals surface area contributed by atoms with E-state index < -0.39 is 221 Å². The van der Waals surface area contributed by atoms with Crippen molar-refractivity contribution in [2.24, 2.45) is 17.6 Å². The lowest BCUT2D eigenvalue weighted by Crippen LogP contribution is -2.63. The molecule has 726 valence electrons. The maximum Gasteiger partial charge on any atom is 0.408 e. The molecule has 4 fully saturated rings. The molecule has 8 aliphatic rings. The van der Waals surface area contributed by atoms with Crippen LogP contribution in [0, 0.1) is 11.8 Å². The van der Waals surface area contributed by atoms with Crippen LogP contribution in [-0.2, 0) is 118 Å². The lowest BCUT2D eigenvalue weighted by atomic mass is 9.80. The van der Waals surface area contributed by atoms with Gasteiger partial charge >= 0.3 is 30.5 Å². The van der Waals surface area contributed by atoms with Crippen LogP contribution >= 0.6 is 0 Å². The minimum atomic E-state index is -1.65. The first-order valence-electron chi connectivity index (χ1n) is 45.5. The number of ether oxygens (including phenoxy) is 17. The molecule has 0 bridgehead atoms. The Hall–Kier alpha value is -9.92. The second kappa shape index (κ2) is 51.1. The summed E-state index contributed by atoms with van der Waals surface area (Å²) in [7, 11) is 0. The maximum absolute atomic E-state index is 13.5. The lowest BCUT2D eigenvalue weighted by Gasteiger charge is -2.46. The highest BCUT2D eigenvalue weighted by molar-refractivity contribution is 5.81. The Morgan fingerprint density at radius 3 is 0.955 bits per heavy atom. The van der Waals surface area contributed by atoms with Crippen LogP contribution in [0.3, 0.4) is 0 Å². The number of amides is 6. The number of carbonyl (C=O) groups is 6. The SMILES string of the molecule is CC[C@H]1C=C[C@@H](NC(=O)OCc2ccccc2)[C@@H](O[C@H]2[C@@H](O)[C@H](O[C@@H]3[C@@H](O)[C@H](N)C[C@H](C)[C@H]3O[C@H]3O[C@H](CC)C=C[C@H]3NC(=O)OCc3ccccc3)O[C@@H]2CO)O1.CC[C@H]1C=C[C@@H](NC(=O)OCc2ccccc2)[C@@H](O[C@H]2[C@@H](O)[C@H](O[C@@H]3[C@@H](O)[C@H](NC(=O)[C@@H](O)CCNC(=O)OCc4ccccc4)C[C@H](C)[C@H]3O[C@H]3O[C@H](CC)C=C[C@H]3NC(=O)OCc3ccccc3)O[C@@H]2CO)O1.